The number of amides is 1. The molecule has 0 saturated carbocycles. The van der Waals surface area contributed by atoms with Crippen LogP contribution in [-0.2, 0) is 14.4 Å². The van der Waals surface area contributed by atoms with Crippen LogP contribution in [0.5, 0.6) is 11.5 Å². The van der Waals surface area contributed by atoms with Crippen LogP contribution < -0.4 is 31.2 Å². The molecule has 4 rings (SSSR count). The van der Waals surface area contributed by atoms with Crippen LogP contribution in [0.2, 0.25) is 0 Å². The number of aliphatic carboxylic acids is 2. The number of carboxylic acids is 2. The molecule has 1 aliphatic rings. The van der Waals surface area contributed by atoms with Gasteiger partial charge in [-0.1, -0.05) is 6.07 Å². The first-order valence-corrected chi connectivity index (χ1v) is 15.5. The van der Waals surface area contributed by atoms with E-state index >= 15 is 4.39 Å². The van der Waals surface area contributed by atoms with Crippen molar-refractivity contribution in [2.24, 2.45) is 11.5 Å². The largest absolute Gasteiger partial charge is 0.494 e. The van der Waals surface area contributed by atoms with Crippen molar-refractivity contribution < 1.29 is 64.8 Å². The molecule has 2 atom stereocenters. The highest BCUT2D eigenvalue weighted by atomic mass is 19.4. The second kappa shape index (κ2) is 18.6. The fraction of sp³-hybridized carbons (Fsp3) is 0.364. The average molecular weight is 763 g/mol. The molecule has 0 spiro atoms. The number of primary amides is 1. The van der Waals surface area contributed by atoms with Crippen molar-refractivity contribution in [3.63, 3.8) is 0 Å². The number of rotatable bonds is 11. The van der Waals surface area contributed by atoms with Crippen LogP contribution in [0.3, 0.4) is 0 Å². The topological polar surface area (TPSA) is 214 Å². The molecule has 8 N–H and O–H groups in total. The maximum absolute atomic E-state index is 16.1. The quantitative estimate of drug-likeness (QED) is 0.0802. The summed E-state index contributed by atoms with van der Waals surface area (Å²) < 4.78 is 91.1. The number of hydrogen-bond donors (Lipinski definition) is 6. The summed E-state index contributed by atoms with van der Waals surface area (Å²) in [6, 6.07) is 14.4. The van der Waals surface area contributed by atoms with Gasteiger partial charge in [-0.3, -0.25) is 10.2 Å². The molecule has 0 radical (unpaired) electrons. The van der Waals surface area contributed by atoms with Crippen LogP contribution in [0.25, 0.3) is 0 Å². The number of amidine groups is 1. The third-order valence-corrected chi connectivity index (χ3v) is 6.94. The Kier molecular flexibility index (Phi) is 15.2. The van der Waals surface area contributed by atoms with E-state index in [1.165, 1.54) is 0 Å². The van der Waals surface area contributed by atoms with Gasteiger partial charge in [-0.25, -0.2) is 19.0 Å². The molecule has 290 valence electrons. The smallest absolute Gasteiger partial charge is 0.490 e. The van der Waals surface area contributed by atoms with Gasteiger partial charge >= 0.3 is 24.3 Å². The van der Waals surface area contributed by atoms with Gasteiger partial charge in [-0.2, -0.15) is 26.3 Å². The summed E-state index contributed by atoms with van der Waals surface area (Å²) in [4.78, 5) is 36.6. The molecule has 1 saturated heterocycles. The Bertz CT molecular complexity index is 1710. The van der Waals surface area contributed by atoms with E-state index in [1.54, 1.807) is 42.5 Å². The first kappa shape index (κ1) is 43.3. The normalized spacial score (nSPS) is 14.5. The number of alkyl halides is 6. The minimum absolute atomic E-state index is 0.0481. The number of ether oxygens (including phenoxy) is 2. The Balaban J connectivity index is 0.000000587. The molecule has 0 bridgehead atoms. The fourth-order valence-corrected chi connectivity index (χ4v) is 4.71. The molecule has 20 heteroatoms. The van der Waals surface area contributed by atoms with Crippen LogP contribution >= 0.6 is 0 Å². The number of halogens is 7. The Morgan fingerprint density at radius 2 is 1.57 bits per heavy atom. The molecule has 53 heavy (non-hydrogen) atoms. The van der Waals surface area contributed by atoms with E-state index in [2.05, 4.69) is 5.32 Å². The molecule has 3 aromatic rings. The van der Waals surface area contributed by atoms with Crippen molar-refractivity contribution in [1.29, 1.82) is 5.41 Å². The van der Waals surface area contributed by atoms with Crippen LogP contribution in [-0.4, -0.2) is 76.5 Å². The first-order chi connectivity index (χ1) is 24.6. The molecule has 1 unspecified atom stereocenters. The van der Waals surface area contributed by atoms with Crippen LogP contribution in [0.15, 0.2) is 54.6 Å². The number of aromatic nitrogens is 1. The van der Waals surface area contributed by atoms with E-state index in [0.717, 1.165) is 6.42 Å². The molecular formula is C33H37F7N6O7. The average Bonchev–Trinajstić information content (AvgIpc) is 3.56. The lowest BCUT2D eigenvalue weighted by Crippen LogP contribution is -2.40. The van der Waals surface area contributed by atoms with Crippen molar-refractivity contribution in [2.75, 3.05) is 23.4 Å². The van der Waals surface area contributed by atoms with Gasteiger partial charge in [0, 0.05) is 29.4 Å². The summed E-state index contributed by atoms with van der Waals surface area (Å²) in [6.45, 7) is 6.56. The number of carboxylic acid groups (broad SMARTS) is 2. The second-order valence-electron chi connectivity index (χ2n) is 11.3. The zero-order valence-electron chi connectivity index (χ0n) is 28.4. The number of carbonyl (C=O) groups is 3. The summed E-state index contributed by atoms with van der Waals surface area (Å²) in [5, 5.41) is 25.3. The summed E-state index contributed by atoms with van der Waals surface area (Å²) in [5.41, 5.74) is 13.3. The Morgan fingerprint density at radius 3 is 2.04 bits per heavy atom. The van der Waals surface area contributed by atoms with Crippen molar-refractivity contribution in [2.45, 2.75) is 64.2 Å². The summed E-state index contributed by atoms with van der Waals surface area (Å²) in [5.74, 6) is -5.36. The Morgan fingerprint density at radius 1 is 1.00 bits per heavy atom. The van der Waals surface area contributed by atoms with Crippen molar-refractivity contribution in [1.82, 2.24) is 4.98 Å². The molecule has 13 nitrogen and oxygen atoms in total. The zero-order valence-corrected chi connectivity index (χ0v) is 28.4. The summed E-state index contributed by atoms with van der Waals surface area (Å²) in [6.07, 6.45) is -8.94. The van der Waals surface area contributed by atoms with E-state index < -0.39 is 48.1 Å². The van der Waals surface area contributed by atoms with E-state index in [4.69, 9.17) is 51.1 Å². The molecule has 1 aromatic heterocycles. The van der Waals surface area contributed by atoms with Crippen LogP contribution in [0.1, 0.15) is 56.5 Å². The standard InChI is InChI=1S/C29H35FN6O3.2C2HF3O2/c1-4-38-20-15-21(26(30)24(16-20)39-17(2)3)27(34-19-12-10-18(11-13-19)28(31)32)22-7-5-9-25(35-22)36-14-6-8-23(36)29(33)37;2*3-2(4,5)1(6)7/h5,7,9-13,15-17,23,27,34H,4,6,8,14H2,1-3H3,(H3,31,32)(H2,33,37);2*(H,6,7)/t23-,27?;;/m1../s1. The molecule has 1 fully saturated rings. The summed E-state index contributed by atoms with van der Waals surface area (Å²) >= 11 is 0. The van der Waals surface area contributed by atoms with E-state index in [1.807, 2.05) is 37.8 Å². The minimum atomic E-state index is -5.08. The molecule has 1 amide bonds. The highest BCUT2D eigenvalue weighted by Gasteiger charge is 2.39. The Labute approximate surface area is 298 Å². The van der Waals surface area contributed by atoms with Crippen LogP contribution in [0, 0.1) is 11.2 Å². The molecular weight excluding hydrogens is 725 g/mol. The summed E-state index contributed by atoms with van der Waals surface area (Å²) in [7, 11) is 0. The maximum Gasteiger partial charge on any atom is 0.490 e. The zero-order chi connectivity index (χ0) is 40.3. The fourth-order valence-electron chi connectivity index (χ4n) is 4.71. The number of anilines is 2. The third-order valence-electron chi connectivity index (χ3n) is 6.94. The van der Waals surface area contributed by atoms with Gasteiger partial charge in [0.15, 0.2) is 11.6 Å². The van der Waals surface area contributed by atoms with Gasteiger partial charge in [0.1, 0.15) is 23.4 Å². The number of benzene rings is 2. The van der Waals surface area contributed by atoms with E-state index in [-0.39, 0.29) is 23.3 Å². The van der Waals surface area contributed by atoms with Gasteiger partial charge in [0.05, 0.1) is 24.4 Å². The Hall–Kier alpha value is -5.82. The van der Waals surface area contributed by atoms with Gasteiger partial charge < -0.3 is 41.4 Å². The third kappa shape index (κ3) is 13.0. The van der Waals surface area contributed by atoms with Gasteiger partial charge in [0.2, 0.25) is 5.91 Å². The van der Waals surface area contributed by atoms with Gasteiger partial charge in [-0.05, 0) is 76.1 Å². The predicted octanol–water partition coefficient (Wildman–Crippen LogP) is 5.61. The van der Waals surface area contributed by atoms with Gasteiger partial charge in [0.25, 0.3) is 0 Å². The van der Waals surface area contributed by atoms with E-state index in [0.29, 0.717) is 48.1 Å². The maximum atomic E-state index is 16.1. The molecule has 1 aliphatic heterocycles. The number of nitrogens with one attached hydrogen (secondary N) is 2. The minimum Gasteiger partial charge on any atom is -0.494 e. The highest BCUT2D eigenvalue weighted by Crippen LogP contribution is 2.37. The number of hydrogen-bond acceptors (Lipinski definition) is 9. The molecule has 2 aromatic carbocycles. The SMILES string of the molecule is CCOc1cc(OC(C)C)c(F)c(C(Nc2ccc(C(=N)N)cc2)c2cccc(N3CCC[C@@H]3C(N)=O)n2)c1.O=C(O)C(F)(F)F.O=C(O)C(F)(F)F. The first-order valence-electron chi connectivity index (χ1n) is 15.5. The number of carbonyl (C=O) groups excluding carboxylic acids is 1. The number of nitrogens with two attached hydrogens (primary N) is 2. The lowest BCUT2D eigenvalue weighted by atomic mass is 10.00. The molecule has 0 aliphatic carbocycles. The van der Waals surface area contributed by atoms with Crippen LogP contribution in [0.4, 0.5) is 42.2 Å². The van der Waals surface area contributed by atoms with E-state index in [9.17, 15) is 31.1 Å². The van der Waals surface area contributed by atoms with Crippen molar-refractivity contribution in [3.05, 3.63) is 77.2 Å². The number of nitrogen functional groups attached to an aromatic ring is 1. The second-order valence-corrected chi connectivity index (χ2v) is 11.3. The predicted molar refractivity (Wildman–Crippen MR) is 177 cm³/mol. The van der Waals surface area contributed by atoms with Gasteiger partial charge in [-0.15, -0.1) is 0 Å². The number of nitrogens with zero attached hydrogens (tertiary/aromatic N) is 2. The number of pyridine rings is 1. The highest BCUT2D eigenvalue weighted by molar-refractivity contribution is 5.95. The lowest BCUT2D eigenvalue weighted by molar-refractivity contribution is -0.193. The lowest BCUT2D eigenvalue weighted by Gasteiger charge is -2.26. The van der Waals surface area contributed by atoms with Crippen molar-refractivity contribution in [3.8, 4) is 11.5 Å². The van der Waals surface area contributed by atoms with Crippen molar-refractivity contribution >= 4 is 35.2 Å². The molecule has 2 heterocycles. The monoisotopic (exact) mass is 762 g/mol.